The number of hydrogen-bond donors (Lipinski definition) is 2. The summed E-state index contributed by atoms with van der Waals surface area (Å²) in [4.78, 5) is 16.8. The summed E-state index contributed by atoms with van der Waals surface area (Å²) >= 11 is 0. The lowest BCUT2D eigenvalue weighted by molar-refractivity contribution is -0.115. The Morgan fingerprint density at radius 1 is 1.26 bits per heavy atom. The first kappa shape index (κ1) is 14.8. The Morgan fingerprint density at radius 3 is 2.91 bits per heavy atom. The molecule has 3 heterocycles. The molecule has 1 unspecified atom stereocenters. The fourth-order valence-corrected chi connectivity index (χ4v) is 4.52. The van der Waals surface area contributed by atoms with Crippen molar-refractivity contribution in [1.82, 2.24) is 14.9 Å². The lowest BCUT2D eigenvalue weighted by Crippen LogP contribution is -2.60. The van der Waals surface area contributed by atoms with Crippen molar-refractivity contribution in [3.05, 3.63) is 41.1 Å². The summed E-state index contributed by atoms with van der Waals surface area (Å²) in [6, 6.07) is 3.78. The Kier molecular flexibility index (Phi) is 3.50. The Balaban J connectivity index is 1.74. The number of pyridine rings is 2. The van der Waals surface area contributed by atoms with E-state index in [0.29, 0.717) is 18.4 Å². The second-order valence-electron chi connectivity index (χ2n) is 7.16. The second kappa shape index (κ2) is 5.42. The number of aliphatic hydroxyl groups is 1. The van der Waals surface area contributed by atoms with Gasteiger partial charge < -0.3 is 15.0 Å². The minimum absolute atomic E-state index is 0.0595. The van der Waals surface area contributed by atoms with Gasteiger partial charge in [-0.1, -0.05) is 12.8 Å². The molecule has 5 nitrogen and oxygen atoms in total. The Bertz CT molecular complexity index is 779. The molecule has 4 rings (SSSR count). The summed E-state index contributed by atoms with van der Waals surface area (Å²) < 4.78 is 1.68. The van der Waals surface area contributed by atoms with Crippen LogP contribution in [-0.2, 0) is 6.54 Å². The zero-order chi connectivity index (χ0) is 15.9. The topological polar surface area (TPSA) is 67.2 Å². The molecule has 23 heavy (non-hydrogen) atoms. The summed E-state index contributed by atoms with van der Waals surface area (Å²) in [5.41, 5.74) is -0.959. The molecule has 0 amide bonds. The highest BCUT2D eigenvalue weighted by atomic mass is 16.3. The third-order valence-electron chi connectivity index (χ3n) is 5.94. The molecule has 2 aromatic heterocycles. The molecule has 1 atom stereocenters. The van der Waals surface area contributed by atoms with Crippen LogP contribution in [-0.4, -0.2) is 33.3 Å². The van der Waals surface area contributed by atoms with Crippen molar-refractivity contribution in [2.45, 2.75) is 44.2 Å². The zero-order valence-electron chi connectivity index (χ0n) is 13.3. The highest BCUT2D eigenvalue weighted by Gasteiger charge is 2.53. The van der Waals surface area contributed by atoms with Gasteiger partial charge in [0.15, 0.2) is 0 Å². The number of hydrogen-bond acceptors (Lipinski definition) is 4. The van der Waals surface area contributed by atoms with Crippen LogP contribution in [0.5, 0.6) is 0 Å². The van der Waals surface area contributed by atoms with Crippen molar-refractivity contribution >= 4 is 10.8 Å². The molecule has 1 aliphatic carbocycles. The molecule has 0 aromatic carbocycles. The smallest absolute Gasteiger partial charge is 0.260 e. The van der Waals surface area contributed by atoms with E-state index in [4.69, 9.17) is 0 Å². The number of nitrogens with zero attached hydrogens (tertiary/aromatic N) is 2. The molecule has 0 bridgehead atoms. The van der Waals surface area contributed by atoms with Gasteiger partial charge in [0.1, 0.15) is 0 Å². The van der Waals surface area contributed by atoms with E-state index in [0.717, 1.165) is 31.3 Å². The van der Waals surface area contributed by atoms with Crippen LogP contribution in [0.4, 0.5) is 0 Å². The van der Waals surface area contributed by atoms with E-state index in [2.05, 4.69) is 10.3 Å². The molecule has 0 radical (unpaired) electrons. The van der Waals surface area contributed by atoms with Crippen molar-refractivity contribution in [2.75, 3.05) is 13.1 Å². The summed E-state index contributed by atoms with van der Waals surface area (Å²) in [5.74, 6) is 0. The molecule has 1 saturated carbocycles. The van der Waals surface area contributed by atoms with Gasteiger partial charge >= 0.3 is 0 Å². The van der Waals surface area contributed by atoms with Crippen LogP contribution in [0.1, 0.15) is 32.1 Å². The number of rotatable bonds is 2. The van der Waals surface area contributed by atoms with Crippen molar-refractivity contribution in [2.24, 2.45) is 5.41 Å². The van der Waals surface area contributed by atoms with Crippen LogP contribution in [0, 0.1) is 5.41 Å². The van der Waals surface area contributed by atoms with Crippen LogP contribution in [0.2, 0.25) is 0 Å². The van der Waals surface area contributed by atoms with Crippen LogP contribution in [0.15, 0.2) is 35.5 Å². The highest BCUT2D eigenvalue weighted by Crippen LogP contribution is 2.49. The summed E-state index contributed by atoms with van der Waals surface area (Å²) in [6.07, 6.45) is 10.2. The first-order chi connectivity index (χ1) is 11.1. The largest absolute Gasteiger partial charge is 0.387 e. The Morgan fingerprint density at radius 2 is 2.09 bits per heavy atom. The average molecular weight is 313 g/mol. The van der Waals surface area contributed by atoms with E-state index in [9.17, 15) is 9.90 Å². The standard InChI is InChI=1S/C18H23N3O2/c22-16-15-11-19-8-3-14(15)4-10-21(16)13-18(23)7-9-20-12-17(18)5-1-2-6-17/h3-4,8,10-11,20,23H,1-2,5-7,9,12-13H2. The first-order valence-corrected chi connectivity index (χ1v) is 8.50. The number of nitrogens with one attached hydrogen (secondary N) is 1. The molecule has 1 spiro atoms. The van der Waals surface area contributed by atoms with Crippen LogP contribution >= 0.6 is 0 Å². The Labute approximate surface area is 135 Å². The molecule has 5 heteroatoms. The van der Waals surface area contributed by atoms with E-state index < -0.39 is 5.60 Å². The van der Waals surface area contributed by atoms with E-state index in [1.54, 1.807) is 17.0 Å². The lowest BCUT2D eigenvalue weighted by atomic mass is 9.66. The van der Waals surface area contributed by atoms with Crippen LogP contribution < -0.4 is 10.9 Å². The molecule has 1 aliphatic heterocycles. The minimum atomic E-state index is -0.811. The number of fused-ring (bicyclic) bond motifs is 1. The maximum absolute atomic E-state index is 12.7. The van der Waals surface area contributed by atoms with E-state index in [1.807, 2.05) is 18.3 Å². The van der Waals surface area contributed by atoms with Gasteiger partial charge in [-0.25, -0.2) is 0 Å². The third kappa shape index (κ3) is 2.30. The summed E-state index contributed by atoms with van der Waals surface area (Å²) in [6.45, 7) is 2.04. The summed E-state index contributed by atoms with van der Waals surface area (Å²) in [7, 11) is 0. The normalized spacial score (nSPS) is 26.8. The van der Waals surface area contributed by atoms with Crippen LogP contribution in [0.25, 0.3) is 10.8 Å². The molecule has 2 fully saturated rings. The molecule has 2 N–H and O–H groups in total. The van der Waals surface area contributed by atoms with E-state index >= 15 is 0 Å². The van der Waals surface area contributed by atoms with Crippen molar-refractivity contribution in [1.29, 1.82) is 0 Å². The molecule has 1 saturated heterocycles. The van der Waals surface area contributed by atoms with Gasteiger partial charge in [0.05, 0.1) is 17.5 Å². The molecular weight excluding hydrogens is 290 g/mol. The third-order valence-corrected chi connectivity index (χ3v) is 5.94. The molecular formula is C18H23N3O2. The van der Waals surface area contributed by atoms with Gasteiger partial charge in [0, 0.05) is 30.6 Å². The van der Waals surface area contributed by atoms with Crippen molar-refractivity contribution in [3.8, 4) is 0 Å². The van der Waals surface area contributed by atoms with Gasteiger partial charge in [-0.3, -0.25) is 9.78 Å². The monoisotopic (exact) mass is 313 g/mol. The van der Waals surface area contributed by atoms with Gasteiger partial charge in [0.2, 0.25) is 0 Å². The van der Waals surface area contributed by atoms with Crippen molar-refractivity contribution in [3.63, 3.8) is 0 Å². The fourth-order valence-electron chi connectivity index (χ4n) is 4.52. The maximum Gasteiger partial charge on any atom is 0.260 e. The predicted molar refractivity (Wildman–Crippen MR) is 89.3 cm³/mol. The number of aromatic nitrogens is 2. The minimum Gasteiger partial charge on any atom is -0.387 e. The first-order valence-electron chi connectivity index (χ1n) is 8.50. The lowest BCUT2D eigenvalue weighted by Gasteiger charge is -2.49. The summed E-state index contributed by atoms with van der Waals surface area (Å²) in [5, 5.41) is 16.4. The van der Waals surface area contributed by atoms with Crippen LogP contribution in [0.3, 0.4) is 0 Å². The zero-order valence-corrected chi connectivity index (χ0v) is 13.3. The predicted octanol–water partition coefficient (Wildman–Crippen LogP) is 1.68. The molecule has 122 valence electrons. The Hall–Kier alpha value is -1.72. The molecule has 2 aliphatic rings. The van der Waals surface area contributed by atoms with Gasteiger partial charge in [0.25, 0.3) is 5.56 Å². The van der Waals surface area contributed by atoms with E-state index in [1.165, 1.54) is 12.8 Å². The number of piperidine rings is 1. The van der Waals surface area contributed by atoms with Gasteiger partial charge in [-0.2, -0.15) is 0 Å². The average Bonchev–Trinajstić information content (AvgIpc) is 3.04. The SMILES string of the molecule is O=c1c2cnccc2ccn1CC1(O)CCNCC12CCCC2. The highest BCUT2D eigenvalue weighted by molar-refractivity contribution is 5.80. The van der Waals surface area contributed by atoms with Gasteiger partial charge in [-0.05, 0) is 43.3 Å². The quantitative estimate of drug-likeness (QED) is 0.885. The molecule has 2 aromatic rings. The van der Waals surface area contributed by atoms with E-state index in [-0.39, 0.29) is 11.0 Å². The fraction of sp³-hybridized carbons (Fsp3) is 0.556. The van der Waals surface area contributed by atoms with Gasteiger partial charge in [-0.15, -0.1) is 0 Å². The van der Waals surface area contributed by atoms with Crippen molar-refractivity contribution < 1.29 is 5.11 Å². The maximum atomic E-state index is 12.7. The second-order valence-corrected chi connectivity index (χ2v) is 7.16.